The van der Waals surface area contributed by atoms with Crippen LogP contribution in [0.3, 0.4) is 0 Å². The average Bonchev–Trinajstić information content (AvgIpc) is 3.65. The highest BCUT2D eigenvalue weighted by molar-refractivity contribution is 7.26. The van der Waals surface area contributed by atoms with E-state index < -0.39 is 0 Å². The minimum Gasteiger partial charge on any atom is -0.281 e. The van der Waals surface area contributed by atoms with Crippen molar-refractivity contribution < 1.29 is 0 Å². The molecule has 4 nitrogen and oxygen atoms in total. The molecule has 3 aromatic heterocycles. The maximum atomic E-state index is 5.19. The van der Waals surface area contributed by atoms with E-state index in [1.807, 2.05) is 47.7 Å². The van der Waals surface area contributed by atoms with Gasteiger partial charge in [-0.2, -0.15) is 9.97 Å². The van der Waals surface area contributed by atoms with E-state index >= 15 is 0 Å². The molecule has 8 aromatic rings. The Hall–Kier alpha value is -5.39. The first-order valence-electron chi connectivity index (χ1n) is 14.9. The molecule has 0 unspecified atom stereocenters. The number of hydrogen-bond acceptors (Lipinski definition) is 4. The number of fused-ring (bicyclic) bond motifs is 7. The molecule has 0 aliphatic heterocycles. The fourth-order valence-corrected chi connectivity index (χ4v) is 7.79. The molecule has 0 bridgehead atoms. The Balaban J connectivity index is 1.40. The highest BCUT2D eigenvalue weighted by Gasteiger charge is 2.25. The molecule has 44 heavy (non-hydrogen) atoms. The van der Waals surface area contributed by atoms with Crippen molar-refractivity contribution >= 4 is 48.5 Å². The largest absolute Gasteiger partial charge is 0.281 e. The minimum absolute atomic E-state index is 0.658. The predicted octanol–water partition coefficient (Wildman–Crippen LogP) is 10.1. The molecule has 0 saturated heterocycles. The van der Waals surface area contributed by atoms with Crippen LogP contribution in [0.1, 0.15) is 17.7 Å². The summed E-state index contributed by atoms with van der Waals surface area (Å²) in [6.45, 7) is 0. The van der Waals surface area contributed by atoms with Crippen LogP contribution in [0.2, 0.25) is 0 Å². The summed E-state index contributed by atoms with van der Waals surface area (Å²) in [6.07, 6.45) is 6.47. The van der Waals surface area contributed by atoms with Crippen LogP contribution in [0, 0.1) is 0 Å². The zero-order valence-corrected chi connectivity index (χ0v) is 24.6. The van der Waals surface area contributed by atoms with Crippen LogP contribution in [0.4, 0.5) is 0 Å². The topological polar surface area (TPSA) is 43.6 Å². The van der Waals surface area contributed by atoms with Gasteiger partial charge in [0.2, 0.25) is 5.95 Å². The molecule has 0 atom stereocenters. The molecule has 0 radical (unpaired) electrons. The van der Waals surface area contributed by atoms with Gasteiger partial charge in [-0.1, -0.05) is 127 Å². The molecule has 3 heterocycles. The highest BCUT2D eigenvalue weighted by Crippen LogP contribution is 2.45. The van der Waals surface area contributed by atoms with E-state index in [0.717, 1.165) is 24.0 Å². The van der Waals surface area contributed by atoms with Gasteiger partial charge in [0.1, 0.15) is 0 Å². The van der Waals surface area contributed by atoms with Crippen LogP contribution in [0.25, 0.3) is 77.0 Å². The highest BCUT2D eigenvalue weighted by atomic mass is 32.1. The number of nitrogens with zero attached hydrogens (tertiary/aromatic N) is 4. The maximum Gasteiger partial charge on any atom is 0.238 e. The molecule has 5 heteroatoms. The Kier molecular flexibility index (Phi) is 5.78. The van der Waals surface area contributed by atoms with Gasteiger partial charge in [-0.25, -0.2) is 4.98 Å². The van der Waals surface area contributed by atoms with Crippen LogP contribution < -0.4 is 0 Å². The molecule has 0 saturated carbocycles. The lowest BCUT2D eigenvalue weighted by molar-refractivity contribution is 0.840. The number of allylic oxidation sites excluding steroid dienone is 1. The summed E-state index contributed by atoms with van der Waals surface area (Å²) in [6, 6.07) is 42.4. The standard InChI is InChI=1S/C39H26N4S/c1-4-13-25(14-5-1)28-20-12-21-31-34-33(44-36(28)31)24-23-30-29-19-10-11-22-32(29)43(35(30)34)39-41-37(26-15-6-2-7-16-26)40-38(42-39)27-17-8-3-9-18-27/h1-10,12-21,23-24H,11,22H2. The second kappa shape index (κ2) is 10.1. The van der Waals surface area contributed by atoms with Gasteiger partial charge < -0.3 is 0 Å². The van der Waals surface area contributed by atoms with E-state index in [1.165, 1.54) is 53.5 Å². The molecule has 9 rings (SSSR count). The van der Waals surface area contributed by atoms with Gasteiger partial charge in [-0.3, -0.25) is 4.57 Å². The average molecular weight is 583 g/mol. The first-order chi connectivity index (χ1) is 21.8. The third kappa shape index (κ3) is 3.94. The Morgan fingerprint density at radius 1 is 0.591 bits per heavy atom. The van der Waals surface area contributed by atoms with Gasteiger partial charge >= 0.3 is 0 Å². The molecule has 208 valence electrons. The normalized spacial score (nSPS) is 12.7. The van der Waals surface area contributed by atoms with Crippen molar-refractivity contribution in [3.63, 3.8) is 0 Å². The van der Waals surface area contributed by atoms with Gasteiger partial charge in [-0.05, 0) is 30.0 Å². The first kappa shape index (κ1) is 25.1. The van der Waals surface area contributed by atoms with E-state index in [2.05, 4.69) is 102 Å². The van der Waals surface area contributed by atoms with Crippen LogP contribution in [0.15, 0.2) is 127 Å². The first-order valence-corrected chi connectivity index (χ1v) is 15.8. The van der Waals surface area contributed by atoms with Crippen LogP contribution >= 0.6 is 11.3 Å². The Morgan fingerprint density at radius 3 is 1.93 bits per heavy atom. The molecular weight excluding hydrogens is 557 g/mol. The summed E-state index contributed by atoms with van der Waals surface area (Å²) in [5.74, 6) is 2.00. The van der Waals surface area contributed by atoms with E-state index in [1.54, 1.807) is 0 Å². The summed E-state index contributed by atoms with van der Waals surface area (Å²) in [7, 11) is 0. The minimum atomic E-state index is 0.658. The molecular formula is C39H26N4S. The van der Waals surface area contributed by atoms with Crippen molar-refractivity contribution in [2.24, 2.45) is 0 Å². The van der Waals surface area contributed by atoms with Crippen molar-refractivity contribution in [2.75, 3.05) is 0 Å². The van der Waals surface area contributed by atoms with Gasteiger partial charge in [0, 0.05) is 47.9 Å². The van der Waals surface area contributed by atoms with Gasteiger partial charge in [-0.15, -0.1) is 11.3 Å². The van der Waals surface area contributed by atoms with Crippen LogP contribution in [0.5, 0.6) is 0 Å². The molecule has 1 aliphatic carbocycles. The van der Waals surface area contributed by atoms with Crippen LogP contribution in [-0.4, -0.2) is 19.5 Å². The summed E-state index contributed by atoms with van der Waals surface area (Å²) in [4.78, 5) is 15.3. The Morgan fingerprint density at radius 2 is 1.25 bits per heavy atom. The zero-order chi connectivity index (χ0) is 29.0. The van der Waals surface area contributed by atoms with Crippen molar-refractivity contribution in [3.05, 3.63) is 139 Å². The number of hydrogen-bond donors (Lipinski definition) is 0. The lowest BCUT2D eigenvalue weighted by Gasteiger charge is -2.14. The van der Waals surface area contributed by atoms with Crippen molar-refractivity contribution in [1.82, 2.24) is 19.5 Å². The lowest BCUT2D eigenvalue weighted by atomic mass is 10.00. The predicted molar refractivity (Wildman–Crippen MR) is 183 cm³/mol. The Bertz CT molecular complexity index is 2310. The van der Waals surface area contributed by atoms with E-state index in [9.17, 15) is 0 Å². The number of thiophene rings is 1. The Labute approximate surface area is 258 Å². The third-order valence-corrected chi connectivity index (χ3v) is 9.74. The molecule has 1 aliphatic rings. The SMILES string of the molecule is C1=Cc2c(n(-c3nc(-c4ccccc4)nc(-c4ccccc4)n3)c3c2ccc2sc4c(-c5ccccc5)cccc4c23)CC1. The summed E-state index contributed by atoms with van der Waals surface area (Å²) in [5, 5.41) is 3.75. The van der Waals surface area contributed by atoms with Gasteiger partial charge in [0.25, 0.3) is 0 Å². The quantitative estimate of drug-likeness (QED) is 0.207. The number of aromatic nitrogens is 4. The summed E-state index contributed by atoms with van der Waals surface area (Å²) >= 11 is 1.86. The second-order valence-electron chi connectivity index (χ2n) is 11.1. The van der Waals surface area contributed by atoms with Gasteiger partial charge in [0.15, 0.2) is 11.6 Å². The second-order valence-corrected chi connectivity index (χ2v) is 12.2. The summed E-state index contributed by atoms with van der Waals surface area (Å²) in [5.41, 5.74) is 8.11. The van der Waals surface area contributed by atoms with Gasteiger partial charge in [0.05, 0.1) is 5.52 Å². The van der Waals surface area contributed by atoms with Crippen molar-refractivity contribution in [2.45, 2.75) is 12.8 Å². The monoisotopic (exact) mass is 582 g/mol. The van der Waals surface area contributed by atoms with Crippen LogP contribution in [-0.2, 0) is 6.42 Å². The molecule has 0 N–H and O–H groups in total. The van der Waals surface area contributed by atoms with E-state index in [4.69, 9.17) is 15.0 Å². The number of rotatable bonds is 4. The van der Waals surface area contributed by atoms with Crippen molar-refractivity contribution in [1.29, 1.82) is 0 Å². The fraction of sp³-hybridized carbons (Fsp3) is 0.0513. The fourth-order valence-electron chi connectivity index (χ4n) is 6.55. The number of benzene rings is 5. The molecule has 0 amide bonds. The molecule has 0 fully saturated rings. The zero-order valence-electron chi connectivity index (χ0n) is 23.8. The molecule has 5 aromatic carbocycles. The summed E-state index contributed by atoms with van der Waals surface area (Å²) < 4.78 is 4.89. The molecule has 0 spiro atoms. The van der Waals surface area contributed by atoms with Crippen molar-refractivity contribution in [3.8, 4) is 39.9 Å². The smallest absolute Gasteiger partial charge is 0.238 e. The van der Waals surface area contributed by atoms with E-state index in [0.29, 0.717) is 17.6 Å². The lowest BCUT2D eigenvalue weighted by Crippen LogP contribution is -2.10. The van der Waals surface area contributed by atoms with E-state index in [-0.39, 0.29) is 0 Å². The maximum absolute atomic E-state index is 5.19. The third-order valence-electron chi connectivity index (χ3n) is 8.54.